The van der Waals surface area contributed by atoms with E-state index in [2.05, 4.69) is 15.0 Å². The van der Waals surface area contributed by atoms with Crippen molar-refractivity contribution in [2.45, 2.75) is 58.2 Å². The SMILES string of the molecule is CC(C)Oc1nc(N)nc(OC2CCCCC2)n1. The zero-order valence-corrected chi connectivity index (χ0v) is 10.9. The standard InChI is InChI=1S/C12H20N4O2/c1-8(2)17-11-14-10(13)15-12(16-11)18-9-6-4-3-5-7-9/h8-9H,3-7H2,1-2H3,(H2,13,14,15,16). The zero-order valence-electron chi connectivity index (χ0n) is 10.9. The van der Waals surface area contributed by atoms with Gasteiger partial charge in [0.15, 0.2) is 0 Å². The van der Waals surface area contributed by atoms with Crippen molar-refractivity contribution in [3.8, 4) is 12.0 Å². The molecule has 1 aliphatic carbocycles. The third-order valence-corrected chi connectivity index (χ3v) is 2.78. The average Bonchev–Trinajstić information content (AvgIpc) is 2.28. The van der Waals surface area contributed by atoms with E-state index < -0.39 is 0 Å². The lowest BCUT2D eigenvalue weighted by Crippen LogP contribution is -2.21. The smallest absolute Gasteiger partial charge is 0.324 e. The Morgan fingerprint density at radius 3 is 2.39 bits per heavy atom. The van der Waals surface area contributed by atoms with Crippen molar-refractivity contribution in [3.63, 3.8) is 0 Å². The van der Waals surface area contributed by atoms with E-state index in [0.29, 0.717) is 0 Å². The summed E-state index contributed by atoms with van der Waals surface area (Å²) in [4.78, 5) is 12.0. The van der Waals surface area contributed by atoms with Gasteiger partial charge >= 0.3 is 12.0 Å². The second kappa shape index (κ2) is 5.84. The van der Waals surface area contributed by atoms with E-state index in [1.54, 1.807) is 0 Å². The van der Waals surface area contributed by atoms with Crippen LogP contribution in [0.25, 0.3) is 0 Å². The summed E-state index contributed by atoms with van der Waals surface area (Å²) in [7, 11) is 0. The van der Waals surface area contributed by atoms with E-state index in [9.17, 15) is 0 Å². The van der Waals surface area contributed by atoms with Crippen LogP contribution in [0.3, 0.4) is 0 Å². The zero-order chi connectivity index (χ0) is 13.0. The van der Waals surface area contributed by atoms with Crippen LogP contribution in [0, 0.1) is 0 Å². The minimum Gasteiger partial charge on any atom is -0.461 e. The summed E-state index contributed by atoms with van der Waals surface area (Å²) in [6, 6.07) is 0.494. The van der Waals surface area contributed by atoms with Gasteiger partial charge in [0.2, 0.25) is 5.95 Å². The second-order valence-corrected chi connectivity index (χ2v) is 4.80. The highest BCUT2D eigenvalue weighted by molar-refractivity contribution is 5.20. The molecule has 1 heterocycles. The molecule has 1 aliphatic rings. The largest absolute Gasteiger partial charge is 0.461 e. The summed E-state index contributed by atoms with van der Waals surface area (Å²) in [5.41, 5.74) is 5.62. The van der Waals surface area contributed by atoms with Crippen molar-refractivity contribution in [1.82, 2.24) is 15.0 Å². The second-order valence-electron chi connectivity index (χ2n) is 4.80. The number of nitrogens with two attached hydrogens (primary N) is 1. The Kier molecular flexibility index (Phi) is 4.17. The summed E-state index contributed by atoms with van der Waals surface area (Å²) in [5.74, 6) is 0.131. The molecule has 0 aliphatic heterocycles. The Hall–Kier alpha value is -1.59. The predicted molar refractivity (Wildman–Crippen MR) is 67.5 cm³/mol. The van der Waals surface area contributed by atoms with Crippen LogP contribution in [0.2, 0.25) is 0 Å². The van der Waals surface area contributed by atoms with Gasteiger partial charge in [0.05, 0.1) is 6.10 Å². The van der Waals surface area contributed by atoms with Crippen molar-refractivity contribution >= 4 is 5.95 Å². The van der Waals surface area contributed by atoms with Crippen LogP contribution < -0.4 is 15.2 Å². The summed E-state index contributed by atoms with van der Waals surface area (Å²) in [6.07, 6.45) is 5.95. The maximum absolute atomic E-state index is 5.74. The maximum atomic E-state index is 5.74. The summed E-state index contributed by atoms with van der Waals surface area (Å²) < 4.78 is 11.1. The highest BCUT2D eigenvalue weighted by atomic mass is 16.5. The van der Waals surface area contributed by atoms with E-state index in [4.69, 9.17) is 15.2 Å². The minimum absolute atomic E-state index is 0.00525. The van der Waals surface area contributed by atoms with Gasteiger partial charge in [0.1, 0.15) is 6.10 Å². The minimum atomic E-state index is -0.00525. The average molecular weight is 252 g/mol. The molecule has 0 aromatic carbocycles. The van der Waals surface area contributed by atoms with E-state index in [1.165, 1.54) is 19.3 Å². The molecule has 1 aromatic heterocycles. The molecule has 0 spiro atoms. The molecule has 1 saturated carbocycles. The molecule has 0 amide bonds. The lowest BCUT2D eigenvalue weighted by Gasteiger charge is -2.21. The number of aromatic nitrogens is 3. The molecule has 2 N–H and O–H groups in total. The normalized spacial score (nSPS) is 16.8. The van der Waals surface area contributed by atoms with Crippen LogP contribution in [0.1, 0.15) is 46.0 Å². The number of nitrogen functional groups attached to an aromatic ring is 1. The van der Waals surface area contributed by atoms with Crippen LogP contribution in [-0.2, 0) is 0 Å². The fourth-order valence-electron chi connectivity index (χ4n) is 2.00. The summed E-state index contributed by atoms with van der Waals surface area (Å²) in [5, 5.41) is 0. The monoisotopic (exact) mass is 252 g/mol. The van der Waals surface area contributed by atoms with Gasteiger partial charge in [-0.3, -0.25) is 0 Å². The van der Waals surface area contributed by atoms with Gasteiger partial charge in [-0.25, -0.2) is 0 Å². The number of hydrogen-bond donors (Lipinski definition) is 1. The molecule has 6 nitrogen and oxygen atoms in total. The first-order valence-electron chi connectivity index (χ1n) is 6.48. The fraction of sp³-hybridized carbons (Fsp3) is 0.750. The van der Waals surface area contributed by atoms with Gasteiger partial charge in [0, 0.05) is 0 Å². The Morgan fingerprint density at radius 1 is 1.06 bits per heavy atom. The molecule has 1 aromatic rings. The molecule has 100 valence electrons. The van der Waals surface area contributed by atoms with Crippen LogP contribution in [0.15, 0.2) is 0 Å². The number of hydrogen-bond acceptors (Lipinski definition) is 6. The number of nitrogens with zero attached hydrogens (tertiary/aromatic N) is 3. The quantitative estimate of drug-likeness (QED) is 0.881. The summed E-state index contributed by atoms with van der Waals surface area (Å²) >= 11 is 0. The first-order chi connectivity index (χ1) is 8.63. The molecule has 1 fully saturated rings. The third-order valence-electron chi connectivity index (χ3n) is 2.78. The predicted octanol–water partition coefficient (Wildman–Crippen LogP) is 1.95. The molecule has 0 atom stereocenters. The van der Waals surface area contributed by atoms with Crippen LogP contribution >= 0.6 is 0 Å². The van der Waals surface area contributed by atoms with Gasteiger partial charge in [0.25, 0.3) is 0 Å². The van der Waals surface area contributed by atoms with Crippen LogP contribution in [0.4, 0.5) is 5.95 Å². The van der Waals surface area contributed by atoms with Crippen LogP contribution in [0.5, 0.6) is 12.0 Å². The Morgan fingerprint density at radius 2 is 1.72 bits per heavy atom. The Bertz CT molecular complexity index is 392. The lowest BCUT2D eigenvalue weighted by molar-refractivity contribution is 0.137. The Balaban J connectivity index is 2.04. The first kappa shape index (κ1) is 12.9. The molecule has 0 unspecified atom stereocenters. The van der Waals surface area contributed by atoms with Gasteiger partial charge < -0.3 is 15.2 Å². The lowest BCUT2D eigenvalue weighted by atomic mass is 9.98. The molecule has 0 radical (unpaired) electrons. The number of rotatable bonds is 4. The highest BCUT2D eigenvalue weighted by Gasteiger charge is 2.17. The van der Waals surface area contributed by atoms with Gasteiger partial charge in [-0.2, -0.15) is 9.97 Å². The van der Waals surface area contributed by atoms with Crippen molar-refractivity contribution in [3.05, 3.63) is 0 Å². The van der Waals surface area contributed by atoms with Gasteiger partial charge in [-0.15, -0.1) is 4.98 Å². The molecule has 2 rings (SSSR count). The molecular weight excluding hydrogens is 232 g/mol. The molecule has 18 heavy (non-hydrogen) atoms. The molecule has 0 bridgehead atoms. The van der Waals surface area contributed by atoms with E-state index in [-0.39, 0.29) is 30.2 Å². The van der Waals surface area contributed by atoms with E-state index >= 15 is 0 Å². The van der Waals surface area contributed by atoms with Crippen molar-refractivity contribution < 1.29 is 9.47 Å². The van der Waals surface area contributed by atoms with Crippen molar-refractivity contribution in [2.24, 2.45) is 0 Å². The first-order valence-corrected chi connectivity index (χ1v) is 6.48. The Labute approximate surface area is 107 Å². The molecular formula is C12H20N4O2. The van der Waals surface area contributed by atoms with Gasteiger partial charge in [-0.1, -0.05) is 6.42 Å². The van der Waals surface area contributed by atoms with E-state index in [0.717, 1.165) is 12.8 Å². The van der Waals surface area contributed by atoms with Crippen molar-refractivity contribution in [1.29, 1.82) is 0 Å². The fourth-order valence-corrected chi connectivity index (χ4v) is 2.00. The number of anilines is 1. The third kappa shape index (κ3) is 3.72. The van der Waals surface area contributed by atoms with Crippen molar-refractivity contribution in [2.75, 3.05) is 5.73 Å². The van der Waals surface area contributed by atoms with Crippen LogP contribution in [-0.4, -0.2) is 27.2 Å². The maximum Gasteiger partial charge on any atom is 0.324 e. The molecule has 6 heteroatoms. The highest BCUT2D eigenvalue weighted by Crippen LogP contribution is 2.22. The topological polar surface area (TPSA) is 83.2 Å². The van der Waals surface area contributed by atoms with E-state index in [1.807, 2.05) is 13.8 Å². The molecule has 0 saturated heterocycles. The summed E-state index contributed by atoms with van der Waals surface area (Å²) in [6.45, 7) is 3.81. The number of ether oxygens (including phenoxy) is 2. The van der Waals surface area contributed by atoms with Gasteiger partial charge in [-0.05, 0) is 39.5 Å².